The van der Waals surface area contributed by atoms with Crippen molar-refractivity contribution in [2.24, 2.45) is 0 Å². The van der Waals surface area contributed by atoms with Crippen LogP contribution in [0.25, 0.3) is 0 Å². The van der Waals surface area contributed by atoms with Crippen LogP contribution in [0.1, 0.15) is 37.7 Å². The second kappa shape index (κ2) is 6.26. The van der Waals surface area contributed by atoms with Gasteiger partial charge in [0.1, 0.15) is 0 Å². The third-order valence-electron chi connectivity index (χ3n) is 5.74. The van der Waals surface area contributed by atoms with Gasteiger partial charge in [0.25, 0.3) is 0 Å². The minimum Gasteiger partial charge on any atom is -0.373 e. The normalized spacial score (nSPS) is 29.4. The van der Waals surface area contributed by atoms with Crippen LogP contribution in [0.3, 0.4) is 0 Å². The van der Waals surface area contributed by atoms with Gasteiger partial charge in [-0.3, -0.25) is 14.8 Å². The molecule has 3 saturated heterocycles. The van der Waals surface area contributed by atoms with Crippen molar-refractivity contribution in [1.29, 1.82) is 0 Å². The quantitative estimate of drug-likeness (QED) is 0.856. The summed E-state index contributed by atoms with van der Waals surface area (Å²) in [5, 5.41) is 0. The van der Waals surface area contributed by atoms with Crippen molar-refractivity contribution in [2.75, 3.05) is 32.8 Å². The molecule has 22 heavy (non-hydrogen) atoms. The number of rotatable bonds is 3. The smallest absolute Gasteiger partial charge is 0.0723 e. The summed E-state index contributed by atoms with van der Waals surface area (Å²) in [5.74, 6) is 0. The van der Waals surface area contributed by atoms with Crippen LogP contribution in [0.5, 0.6) is 0 Å². The fourth-order valence-electron chi connectivity index (χ4n) is 4.38. The first kappa shape index (κ1) is 14.6. The Bertz CT molecular complexity index is 478. The molecule has 3 fully saturated rings. The largest absolute Gasteiger partial charge is 0.373 e. The van der Waals surface area contributed by atoms with Crippen molar-refractivity contribution in [1.82, 2.24) is 14.8 Å². The molecule has 0 aromatic carbocycles. The first-order chi connectivity index (χ1) is 10.8. The second-order valence-corrected chi connectivity index (χ2v) is 7.23. The number of pyridine rings is 1. The fraction of sp³-hybridized carbons (Fsp3) is 0.722. The molecule has 1 aromatic rings. The van der Waals surface area contributed by atoms with Gasteiger partial charge in [-0.25, -0.2) is 0 Å². The predicted molar refractivity (Wildman–Crippen MR) is 86.6 cm³/mol. The van der Waals surface area contributed by atoms with Crippen LogP contribution in [-0.4, -0.2) is 59.2 Å². The van der Waals surface area contributed by atoms with Gasteiger partial charge in [0, 0.05) is 38.1 Å². The minimum atomic E-state index is 0.179. The Kier molecular flexibility index (Phi) is 4.16. The second-order valence-electron chi connectivity index (χ2n) is 7.23. The van der Waals surface area contributed by atoms with Gasteiger partial charge in [-0.15, -0.1) is 0 Å². The van der Waals surface area contributed by atoms with Crippen LogP contribution in [0.15, 0.2) is 24.5 Å². The number of aromatic nitrogens is 1. The van der Waals surface area contributed by atoms with Crippen LogP contribution >= 0.6 is 0 Å². The number of hydrogen-bond acceptors (Lipinski definition) is 4. The molecule has 3 aliphatic rings. The van der Waals surface area contributed by atoms with Crippen LogP contribution in [0, 0.1) is 0 Å². The Balaban J connectivity index is 1.30. The molecular formula is C18H27N3O. The summed E-state index contributed by atoms with van der Waals surface area (Å²) in [4.78, 5) is 9.43. The van der Waals surface area contributed by atoms with Gasteiger partial charge in [0.05, 0.1) is 12.2 Å². The molecule has 0 bridgehead atoms. The lowest BCUT2D eigenvalue weighted by molar-refractivity contribution is -0.0452. The number of likely N-dealkylation sites (tertiary alicyclic amines) is 2. The summed E-state index contributed by atoms with van der Waals surface area (Å²) in [6.07, 6.45) is 10.2. The zero-order chi connectivity index (χ0) is 14.8. The zero-order valence-electron chi connectivity index (χ0n) is 13.4. The van der Waals surface area contributed by atoms with Gasteiger partial charge in [-0.05, 0) is 56.8 Å². The molecule has 0 N–H and O–H groups in total. The number of nitrogens with zero attached hydrogens (tertiary/aromatic N) is 3. The van der Waals surface area contributed by atoms with Gasteiger partial charge in [0.15, 0.2) is 0 Å². The van der Waals surface area contributed by atoms with Crippen molar-refractivity contribution >= 4 is 0 Å². The first-order valence-corrected chi connectivity index (χ1v) is 8.82. The highest BCUT2D eigenvalue weighted by Crippen LogP contribution is 2.38. The maximum Gasteiger partial charge on any atom is 0.0723 e. The van der Waals surface area contributed by atoms with Gasteiger partial charge in [-0.1, -0.05) is 6.07 Å². The maximum absolute atomic E-state index is 6.32. The highest BCUT2D eigenvalue weighted by Gasteiger charge is 2.44. The summed E-state index contributed by atoms with van der Waals surface area (Å²) >= 11 is 0. The van der Waals surface area contributed by atoms with Crippen LogP contribution in [0.4, 0.5) is 0 Å². The molecule has 3 aliphatic heterocycles. The van der Waals surface area contributed by atoms with Crippen LogP contribution < -0.4 is 0 Å². The van der Waals surface area contributed by atoms with E-state index in [4.69, 9.17) is 4.74 Å². The Hall–Kier alpha value is -0.970. The first-order valence-electron chi connectivity index (χ1n) is 8.82. The van der Waals surface area contributed by atoms with Gasteiger partial charge in [0.2, 0.25) is 0 Å². The van der Waals surface area contributed by atoms with E-state index in [0.29, 0.717) is 6.04 Å². The van der Waals surface area contributed by atoms with Crippen LogP contribution in [0.2, 0.25) is 0 Å². The molecule has 4 nitrogen and oxygen atoms in total. The molecule has 1 spiro atoms. The molecule has 1 aromatic heterocycles. The Morgan fingerprint density at radius 2 is 2.00 bits per heavy atom. The fourth-order valence-corrected chi connectivity index (χ4v) is 4.38. The van der Waals surface area contributed by atoms with Crippen molar-refractivity contribution in [3.63, 3.8) is 0 Å². The van der Waals surface area contributed by atoms with E-state index in [9.17, 15) is 0 Å². The molecule has 0 radical (unpaired) electrons. The standard InChI is InChI=1S/C18H27N3O/c1-2-9-21(8-1)17-12-18(22-15-17)5-10-20(11-6-18)14-16-4-3-7-19-13-16/h3-4,7,13,17H,1-2,5-6,8-12,14-15H2/t17-/m0/s1. The molecule has 0 aliphatic carbocycles. The predicted octanol–water partition coefficient (Wildman–Crippen LogP) is 2.30. The molecule has 0 amide bonds. The Morgan fingerprint density at radius 3 is 2.73 bits per heavy atom. The van der Waals surface area contributed by atoms with E-state index < -0.39 is 0 Å². The molecule has 4 heterocycles. The third-order valence-corrected chi connectivity index (χ3v) is 5.74. The Labute approximate surface area is 133 Å². The molecule has 120 valence electrons. The summed E-state index contributed by atoms with van der Waals surface area (Å²) < 4.78 is 6.32. The van der Waals surface area contributed by atoms with Crippen molar-refractivity contribution in [2.45, 2.75) is 50.3 Å². The lowest BCUT2D eigenvalue weighted by Gasteiger charge is -2.39. The summed E-state index contributed by atoms with van der Waals surface area (Å²) in [6.45, 7) is 6.87. The SMILES string of the molecule is c1cncc(CN2CCC3(CC2)C[C@H](N2CCCC2)CO3)c1. The highest BCUT2D eigenvalue weighted by molar-refractivity contribution is 5.08. The van der Waals surface area contributed by atoms with E-state index in [1.54, 1.807) is 0 Å². The zero-order valence-corrected chi connectivity index (χ0v) is 13.4. The van der Waals surface area contributed by atoms with E-state index in [2.05, 4.69) is 20.9 Å². The molecule has 0 saturated carbocycles. The number of ether oxygens (including phenoxy) is 1. The van der Waals surface area contributed by atoms with Gasteiger partial charge >= 0.3 is 0 Å². The number of hydrogen-bond donors (Lipinski definition) is 0. The molecule has 0 unspecified atom stereocenters. The molecular weight excluding hydrogens is 274 g/mol. The summed E-state index contributed by atoms with van der Waals surface area (Å²) in [5.41, 5.74) is 1.50. The van der Waals surface area contributed by atoms with E-state index in [-0.39, 0.29) is 5.60 Å². The van der Waals surface area contributed by atoms with Crippen molar-refractivity contribution < 1.29 is 4.74 Å². The maximum atomic E-state index is 6.32. The average molecular weight is 301 g/mol. The van der Waals surface area contributed by atoms with E-state index in [1.165, 1.54) is 50.8 Å². The van der Waals surface area contributed by atoms with Crippen LogP contribution in [-0.2, 0) is 11.3 Å². The minimum absolute atomic E-state index is 0.179. The van der Waals surface area contributed by atoms with Gasteiger partial charge in [-0.2, -0.15) is 0 Å². The summed E-state index contributed by atoms with van der Waals surface area (Å²) in [7, 11) is 0. The number of piperidine rings is 1. The average Bonchev–Trinajstić information content (AvgIpc) is 3.21. The van der Waals surface area contributed by atoms with E-state index in [0.717, 1.165) is 26.2 Å². The van der Waals surface area contributed by atoms with E-state index in [1.807, 2.05) is 18.5 Å². The lowest BCUT2D eigenvalue weighted by Crippen LogP contribution is -2.44. The monoisotopic (exact) mass is 301 g/mol. The Morgan fingerprint density at radius 1 is 1.18 bits per heavy atom. The van der Waals surface area contributed by atoms with Gasteiger partial charge < -0.3 is 4.74 Å². The highest BCUT2D eigenvalue weighted by atomic mass is 16.5. The lowest BCUT2D eigenvalue weighted by atomic mass is 9.87. The van der Waals surface area contributed by atoms with Crippen molar-refractivity contribution in [3.05, 3.63) is 30.1 Å². The molecule has 4 heteroatoms. The topological polar surface area (TPSA) is 28.6 Å². The third kappa shape index (κ3) is 3.05. The molecule has 4 rings (SSSR count). The van der Waals surface area contributed by atoms with E-state index >= 15 is 0 Å². The summed E-state index contributed by atoms with van der Waals surface area (Å²) in [6, 6.07) is 4.89. The molecule has 1 atom stereocenters. The van der Waals surface area contributed by atoms with Crippen molar-refractivity contribution in [3.8, 4) is 0 Å².